The number of anilines is 2. The van der Waals surface area contributed by atoms with Crippen molar-refractivity contribution in [3.05, 3.63) is 57.7 Å². The molecule has 0 saturated carbocycles. The minimum Gasteiger partial charge on any atom is -0.308 e. The summed E-state index contributed by atoms with van der Waals surface area (Å²) in [5.74, 6) is 0. The Kier molecular flexibility index (Phi) is 4.19. The molecule has 0 heterocycles. The highest BCUT2D eigenvalue weighted by Gasteiger charge is 2.02. The fourth-order valence-corrected chi connectivity index (χ4v) is 1.82. The third kappa shape index (κ3) is 3.73. The van der Waals surface area contributed by atoms with Gasteiger partial charge in [-0.3, -0.25) is 0 Å². The first-order chi connectivity index (χ1) is 8.63. The number of carbonyl (C=O) groups excluding carboxylic acids is 1. The van der Waals surface area contributed by atoms with Gasteiger partial charge in [0.05, 0.1) is 0 Å². The van der Waals surface area contributed by atoms with Crippen molar-refractivity contribution in [2.75, 3.05) is 10.6 Å². The molecule has 2 aromatic rings. The van der Waals surface area contributed by atoms with Crippen molar-refractivity contribution in [2.45, 2.75) is 6.92 Å². The summed E-state index contributed by atoms with van der Waals surface area (Å²) in [5.41, 5.74) is 2.72. The molecule has 0 radical (unpaired) electrons. The summed E-state index contributed by atoms with van der Waals surface area (Å²) in [6.07, 6.45) is 0. The average Bonchev–Trinajstić information content (AvgIpc) is 2.35. The molecule has 0 fully saturated rings. The van der Waals surface area contributed by atoms with Crippen LogP contribution in [0.4, 0.5) is 16.2 Å². The van der Waals surface area contributed by atoms with Gasteiger partial charge in [-0.15, -0.1) is 0 Å². The fraction of sp³-hybridized carbons (Fsp3) is 0.0714. The van der Waals surface area contributed by atoms with E-state index in [1.165, 1.54) is 5.56 Å². The topological polar surface area (TPSA) is 41.1 Å². The molecule has 2 aromatic carbocycles. The van der Waals surface area contributed by atoms with Gasteiger partial charge in [-0.05, 0) is 65.9 Å². The van der Waals surface area contributed by atoms with E-state index in [1.807, 2.05) is 55.5 Å². The Balaban J connectivity index is 1.96. The van der Waals surface area contributed by atoms with Crippen LogP contribution in [0.2, 0.25) is 0 Å². The second-order valence-corrected chi connectivity index (χ2v) is 5.20. The van der Waals surface area contributed by atoms with Crippen molar-refractivity contribution in [1.82, 2.24) is 0 Å². The lowest BCUT2D eigenvalue weighted by Crippen LogP contribution is -2.19. The van der Waals surface area contributed by atoms with E-state index in [0.29, 0.717) is 0 Å². The Labute approximate surface area is 120 Å². The number of rotatable bonds is 2. The second-order valence-electron chi connectivity index (χ2n) is 3.95. The summed E-state index contributed by atoms with van der Waals surface area (Å²) >= 11 is 2.22. The van der Waals surface area contributed by atoms with Gasteiger partial charge in [0.25, 0.3) is 0 Å². The van der Waals surface area contributed by atoms with E-state index in [-0.39, 0.29) is 6.03 Å². The van der Waals surface area contributed by atoms with Gasteiger partial charge in [0.15, 0.2) is 0 Å². The van der Waals surface area contributed by atoms with Crippen molar-refractivity contribution < 1.29 is 4.79 Å². The van der Waals surface area contributed by atoms with Crippen LogP contribution in [-0.2, 0) is 0 Å². The van der Waals surface area contributed by atoms with Crippen molar-refractivity contribution in [3.63, 3.8) is 0 Å². The van der Waals surface area contributed by atoms with E-state index in [0.717, 1.165) is 14.9 Å². The molecule has 0 aromatic heterocycles. The molecule has 0 aliphatic rings. The summed E-state index contributed by atoms with van der Waals surface area (Å²) < 4.78 is 1.14. The largest absolute Gasteiger partial charge is 0.323 e. The molecule has 0 atom stereocenters. The van der Waals surface area contributed by atoms with Gasteiger partial charge in [-0.25, -0.2) is 4.79 Å². The Morgan fingerprint density at radius 2 is 1.33 bits per heavy atom. The molecule has 3 nitrogen and oxygen atoms in total. The molecule has 0 spiro atoms. The highest BCUT2D eigenvalue weighted by atomic mass is 127. The van der Waals surface area contributed by atoms with E-state index in [4.69, 9.17) is 0 Å². The zero-order valence-corrected chi connectivity index (χ0v) is 12.1. The van der Waals surface area contributed by atoms with Gasteiger partial charge in [0.1, 0.15) is 0 Å². The Morgan fingerprint density at radius 3 is 1.83 bits per heavy atom. The molecule has 4 heteroatoms. The Bertz CT molecular complexity index is 485. The molecular formula is C14H13IN2O. The van der Waals surface area contributed by atoms with Gasteiger partial charge in [-0.1, -0.05) is 17.7 Å². The summed E-state index contributed by atoms with van der Waals surface area (Å²) in [6, 6.07) is 15.1. The van der Waals surface area contributed by atoms with Crippen LogP contribution >= 0.6 is 22.6 Å². The van der Waals surface area contributed by atoms with E-state index >= 15 is 0 Å². The molecule has 0 aliphatic carbocycles. The number of nitrogens with one attached hydrogen (secondary N) is 2. The molecule has 2 amide bonds. The maximum absolute atomic E-state index is 11.7. The van der Waals surface area contributed by atoms with Crippen LogP contribution < -0.4 is 10.6 Å². The highest BCUT2D eigenvalue weighted by molar-refractivity contribution is 14.1. The number of hydrogen-bond acceptors (Lipinski definition) is 1. The molecule has 0 aliphatic heterocycles. The number of benzene rings is 2. The van der Waals surface area contributed by atoms with Crippen LogP contribution in [-0.4, -0.2) is 6.03 Å². The van der Waals surface area contributed by atoms with Crippen molar-refractivity contribution in [1.29, 1.82) is 0 Å². The second kappa shape index (κ2) is 5.86. The maximum atomic E-state index is 11.7. The Hall–Kier alpha value is -1.56. The minimum absolute atomic E-state index is 0.236. The first-order valence-electron chi connectivity index (χ1n) is 5.54. The van der Waals surface area contributed by atoms with Gasteiger partial charge >= 0.3 is 6.03 Å². The monoisotopic (exact) mass is 352 g/mol. The summed E-state index contributed by atoms with van der Waals surface area (Å²) in [4.78, 5) is 11.7. The van der Waals surface area contributed by atoms with Crippen LogP contribution in [0.5, 0.6) is 0 Å². The third-order valence-corrected chi connectivity index (χ3v) is 3.13. The third-order valence-electron chi connectivity index (χ3n) is 2.41. The van der Waals surface area contributed by atoms with Gasteiger partial charge < -0.3 is 10.6 Å². The van der Waals surface area contributed by atoms with E-state index in [9.17, 15) is 4.79 Å². The van der Waals surface area contributed by atoms with E-state index in [2.05, 4.69) is 33.2 Å². The number of carbonyl (C=O) groups is 1. The average molecular weight is 352 g/mol. The van der Waals surface area contributed by atoms with E-state index in [1.54, 1.807) is 0 Å². The molecule has 0 bridgehead atoms. The van der Waals surface area contributed by atoms with Crippen LogP contribution in [0.3, 0.4) is 0 Å². The molecule has 0 saturated heterocycles. The number of hydrogen-bond donors (Lipinski definition) is 2. The molecule has 92 valence electrons. The lowest BCUT2D eigenvalue weighted by Gasteiger charge is -2.07. The van der Waals surface area contributed by atoms with Gasteiger partial charge in [0.2, 0.25) is 0 Å². The zero-order valence-electron chi connectivity index (χ0n) is 9.91. The predicted octanol–water partition coefficient (Wildman–Crippen LogP) is 4.24. The first-order valence-corrected chi connectivity index (χ1v) is 6.61. The number of amides is 2. The lowest BCUT2D eigenvalue weighted by atomic mass is 10.2. The normalized spacial score (nSPS) is 9.89. The van der Waals surface area contributed by atoms with Crippen molar-refractivity contribution in [2.24, 2.45) is 0 Å². The quantitative estimate of drug-likeness (QED) is 0.780. The summed E-state index contributed by atoms with van der Waals surface area (Å²) in [7, 11) is 0. The van der Waals surface area contributed by atoms with Gasteiger partial charge in [-0.2, -0.15) is 0 Å². The molecule has 0 unspecified atom stereocenters. The smallest absolute Gasteiger partial charge is 0.308 e. The number of halogens is 1. The molecular weight excluding hydrogens is 339 g/mol. The standard InChI is InChI=1S/C14H13IN2O/c1-10-2-6-12(7-3-10)16-14(18)17-13-8-4-11(15)5-9-13/h2-9H,1H3,(H2,16,17,18). The lowest BCUT2D eigenvalue weighted by molar-refractivity contribution is 0.262. The highest BCUT2D eigenvalue weighted by Crippen LogP contribution is 2.12. The van der Waals surface area contributed by atoms with E-state index < -0.39 is 0 Å². The SMILES string of the molecule is Cc1ccc(NC(=O)Nc2ccc(I)cc2)cc1. The zero-order chi connectivity index (χ0) is 13.0. The van der Waals surface area contributed by atoms with Crippen LogP contribution in [0, 0.1) is 10.5 Å². The van der Waals surface area contributed by atoms with Gasteiger partial charge in [0, 0.05) is 14.9 Å². The van der Waals surface area contributed by atoms with Crippen LogP contribution in [0.1, 0.15) is 5.56 Å². The number of urea groups is 1. The first kappa shape index (κ1) is 12.9. The maximum Gasteiger partial charge on any atom is 0.323 e. The molecule has 18 heavy (non-hydrogen) atoms. The predicted molar refractivity (Wildman–Crippen MR) is 83.0 cm³/mol. The number of aryl methyl sites for hydroxylation is 1. The van der Waals surface area contributed by atoms with Crippen molar-refractivity contribution in [3.8, 4) is 0 Å². The van der Waals surface area contributed by atoms with Crippen LogP contribution in [0.25, 0.3) is 0 Å². The summed E-state index contributed by atoms with van der Waals surface area (Å²) in [6.45, 7) is 2.01. The fourth-order valence-electron chi connectivity index (χ4n) is 1.46. The molecule has 2 rings (SSSR count). The summed E-state index contributed by atoms with van der Waals surface area (Å²) in [5, 5.41) is 5.56. The van der Waals surface area contributed by atoms with Crippen molar-refractivity contribution >= 4 is 40.0 Å². The van der Waals surface area contributed by atoms with Crippen LogP contribution in [0.15, 0.2) is 48.5 Å². The minimum atomic E-state index is -0.236. The Morgan fingerprint density at radius 1 is 0.889 bits per heavy atom. The molecule has 2 N–H and O–H groups in total.